The maximum atomic E-state index is 13.7. The molecule has 1 aromatic heterocycles. The van der Waals surface area contributed by atoms with Crippen LogP contribution in [0, 0.1) is 17.0 Å². The Balaban J connectivity index is 1.40. The average Bonchev–Trinajstić information content (AvgIpc) is 3.96. The van der Waals surface area contributed by atoms with E-state index in [0.717, 1.165) is 44.3 Å². The number of pyridine rings is 1. The Kier molecular flexibility index (Phi) is 11.7. The van der Waals surface area contributed by atoms with E-state index in [0.29, 0.717) is 17.3 Å². The number of hydrogen-bond acceptors (Lipinski definition) is 10. The lowest BCUT2D eigenvalue weighted by molar-refractivity contribution is -0.605. The summed E-state index contributed by atoms with van der Waals surface area (Å²) in [6.07, 6.45) is 5.53. The van der Waals surface area contributed by atoms with Gasteiger partial charge < -0.3 is 28.9 Å². The number of anilines is 1. The van der Waals surface area contributed by atoms with Gasteiger partial charge in [-0.1, -0.05) is 29.3 Å². The van der Waals surface area contributed by atoms with Crippen LogP contribution in [0.1, 0.15) is 67.1 Å². The summed E-state index contributed by atoms with van der Waals surface area (Å²) in [4.78, 5) is 27.1. The third-order valence-corrected chi connectivity index (χ3v) is 9.19. The van der Waals surface area contributed by atoms with Gasteiger partial charge in [0.05, 0.1) is 30.7 Å². The summed E-state index contributed by atoms with van der Waals surface area (Å²) < 4.78 is 80.7. The van der Waals surface area contributed by atoms with Gasteiger partial charge in [0.15, 0.2) is 23.9 Å². The minimum Gasteiger partial charge on any atom is -0.619 e. The van der Waals surface area contributed by atoms with E-state index in [9.17, 15) is 32.0 Å². The van der Waals surface area contributed by atoms with Crippen molar-refractivity contribution < 1.29 is 55.2 Å². The maximum Gasteiger partial charge on any atom is 0.387 e. The molecule has 51 heavy (non-hydrogen) atoms. The normalized spacial score (nSPS) is 15.2. The number of alkyl halides is 2. The van der Waals surface area contributed by atoms with Crippen LogP contribution in [-0.2, 0) is 30.7 Å². The summed E-state index contributed by atoms with van der Waals surface area (Å²) in [5.41, 5.74) is -1.29. The molecule has 1 N–H and O–H groups in total. The summed E-state index contributed by atoms with van der Waals surface area (Å²) in [5, 5.41) is 11.8. The first-order chi connectivity index (χ1) is 24.0. The molecule has 0 bridgehead atoms. The quantitative estimate of drug-likeness (QED) is 0.0898. The third-order valence-electron chi connectivity index (χ3n) is 7.95. The van der Waals surface area contributed by atoms with Crippen molar-refractivity contribution in [1.82, 2.24) is 0 Å². The Bertz CT molecular complexity index is 1870. The lowest BCUT2D eigenvalue weighted by Crippen LogP contribution is -2.39. The van der Waals surface area contributed by atoms with Crippen LogP contribution in [0.2, 0.25) is 10.0 Å². The highest BCUT2D eigenvalue weighted by Crippen LogP contribution is 2.39. The molecule has 3 aromatic rings. The van der Waals surface area contributed by atoms with Crippen molar-refractivity contribution in [3.8, 4) is 17.2 Å². The van der Waals surface area contributed by atoms with E-state index in [2.05, 4.69) is 9.46 Å². The highest BCUT2D eigenvalue weighted by molar-refractivity contribution is 7.92. The van der Waals surface area contributed by atoms with Gasteiger partial charge >= 0.3 is 18.6 Å². The molecule has 2 saturated carbocycles. The molecule has 2 aliphatic carbocycles. The van der Waals surface area contributed by atoms with E-state index >= 15 is 0 Å². The number of carbonyl (C=O) groups is 2. The van der Waals surface area contributed by atoms with Gasteiger partial charge in [-0.3, -0.25) is 4.72 Å². The molecule has 0 radical (unpaired) electrons. The molecule has 0 spiro atoms. The van der Waals surface area contributed by atoms with Crippen molar-refractivity contribution in [1.29, 1.82) is 0 Å². The van der Waals surface area contributed by atoms with Gasteiger partial charge in [0.1, 0.15) is 21.9 Å². The predicted molar refractivity (Wildman–Crippen MR) is 182 cm³/mol. The number of nitrogens with one attached hydrogen (secondary N) is 1. The van der Waals surface area contributed by atoms with Crippen LogP contribution in [0.4, 0.5) is 14.5 Å². The summed E-state index contributed by atoms with van der Waals surface area (Å²) in [6.45, 7) is 0.0665. The molecule has 1 heterocycles. The fourth-order valence-electron chi connectivity index (χ4n) is 4.81. The van der Waals surface area contributed by atoms with Gasteiger partial charge in [0, 0.05) is 12.0 Å². The standard InChI is InChI=1S/C34H36Cl2F2N2O10S/c1-34(2,50-31(41)22-8-10-26(39-51(3,44)45)29(13-22)46-17-19-4-5-19)32(42)48-28(14-23-24(35)15-40(43)16-25(23)36)21-9-11-27(49-33(37)38)30(12-21)47-18-20-6-7-20/h8-13,15-16,19-20,28,33,39H,4-7,14,17-18H2,1-3H3. The summed E-state index contributed by atoms with van der Waals surface area (Å²) in [7, 11) is -3.66. The molecule has 5 rings (SSSR count). The van der Waals surface area contributed by atoms with Gasteiger partial charge in [-0.05, 0) is 87.3 Å². The van der Waals surface area contributed by atoms with Gasteiger partial charge in [-0.2, -0.15) is 13.5 Å². The molecule has 2 aromatic carbocycles. The number of aromatic nitrogens is 1. The van der Waals surface area contributed by atoms with E-state index in [4.69, 9.17) is 42.1 Å². The van der Waals surface area contributed by atoms with Crippen LogP contribution in [0.5, 0.6) is 17.2 Å². The molecule has 2 fully saturated rings. The fourth-order valence-corrected chi connectivity index (χ4v) is 5.98. The number of benzene rings is 2. The number of nitrogens with zero attached hydrogens (tertiary/aromatic N) is 1. The van der Waals surface area contributed by atoms with E-state index in [1.165, 1.54) is 50.2 Å². The molecule has 0 saturated heterocycles. The fraction of sp³-hybridized carbons (Fsp3) is 0.441. The van der Waals surface area contributed by atoms with Crippen LogP contribution >= 0.6 is 23.2 Å². The summed E-state index contributed by atoms with van der Waals surface area (Å²) in [6, 6.07) is 8.02. The molecule has 0 amide bonds. The van der Waals surface area contributed by atoms with Crippen molar-refractivity contribution >= 4 is 50.9 Å². The minimum absolute atomic E-state index is 0.0115. The first-order valence-electron chi connectivity index (χ1n) is 15.9. The Morgan fingerprint density at radius 3 is 2.14 bits per heavy atom. The average molecular weight is 774 g/mol. The second kappa shape index (κ2) is 15.7. The lowest BCUT2D eigenvalue weighted by atomic mass is 10.0. The number of halogens is 4. The Hall–Kier alpha value is -4.08. The van der Waals surface area contributed by atoms with E-state index in [-0.39, 0.29) is 68.6 Å². The molecule has 12 nitrogen and oxygen atoms in total. The monoisotopic (exact) mass is 772 g/mol. The zero-order valence-electron chi connectivity index (χ0n) is 27.8. The lowest BCUT2D eigenvalue weighted by Gasteiger charge is -2.27. The second-order valence-electron chi connectivity index (χ2n) is 13.0. The van der Waals surface area contributed by atoms with Gasteiger partial charge in [-0.25, -0.2) is 18.0 Å². The second-order valence-corrected chi connectivity index (χ2v) is 15.5. The van der Waals surface area contributed by atoms with Crippen LogP contribution < -0.4 is 23.7 Å². The van der Waals surface area contributed by atoms with Crippen molar-refractivity contribution in [2.45, 2.75) is 64.3 Å². The van der Waals surface area contributed by atoms with E-state index in [1.54, 1.807) is 0 Å². The van der Waals surface area contributed by atoms with Crippen LogP contribution in [0.15, 0.2) is 48.8 Å². The van der Waals surface area contributed by atoms with Gasteiger partial charge in [0.2, 0.25) is 15.6 Å². The van der Waals surface area contributed by atoms with Crippen molar-refractivity contribution in [3.05, 3.63) is 80.7 Å². The number of ether oxygens (including phenoxy) is 5. The number of hydrogen-bond donors (Lipinski definition) is 1. The van der Waals surface area contributed by atoms with Crippen molar-refractivity contribution in [3.63, 3.8) is 0 Å². The van der Waals surface area contributed by atoms with Crippen LogP contribution in [0.3, 0.4) is 0 Å². The highest BCUT2D eigenvalue weighted by Gasteiger charge is 2.37. The molecule has 17 heteroatoms. The number of sulfonamides is 1. The molecular formula is C34H36Cl2F2N2O10S. The molecule has 2 aliphatic rings. The van der Waals surface area contributed by atoms with Crippen LogP contribution in [-0.4, -0.2) is 52.0 Å². The Morgan fingerprint density at radius 1 is 0.961 bits per heavy atom. The number of carbonyl (C=O) groups excluding carboxylic acids is 2. The Morgan fingerprint density at radius 2 is 1.57 bits per heavy atom. The molecule has 0 aliphatic heterocycles. The van der Waals surface area contributed by atoms with Crippen molar-refractivity contribution in [2.75, 3.05) is 24.2 Å². The summed E-state index contributed by atoms with van der Waals surface area (Å²) in [5.74, 6) is -1.48. The SMILES string of the molecule is CC(C)(OC(=O)c1ccc(NS(C)(=O)=O)c(OCC2CC2)c1)C(=O)OC(Cc1c(Cl)c[n+]([O-])cc1Cl)c1ccc(OC(F)F)c(OCC2CC2)c1. The van der Waals surface area contributed by atoms with Crippen LogP contribution in [0.25, 0.3) is 0 Å². The topological polar surface area (TPSA) is 153 Å². The molecule has 1 atom stereocenters. The zero-order valence-corrected chi connectivity index (χ0v) is 30.2. The number of rotatable bonds is 17. The smallest absolute Gasteiger partial charge is 0.387 e. The number of esters is 2. The predicted octanol–water partition coefficient (Wildman–Crippen LogP) is 6.64. The third kappa shape index (κ3) is 11.0. The van der Waals surface area contributed by atoms with E-state index in [1.807, 2.05) is 0 Å². The largest absolute Gasteiger partial charge is 0.619 e. The van der Waals surface area contributed by atoms with Crippen molar-refractivity contribution in [2.24, 2.45) is 11.8 Å². The molecule has 276 valence electrons. The van der Waals surface area contributed by atoms with Gasteiger partial charge in [-0.15, -0.1) is 0 Å². The Labute approximate surface area is 303 Å². The maximum absolute atomic E-state index is 13.7. The molecular weight excluding hydrogens is 737 g/mol. The molecule has 1 unspecified atom stereocenters. The first kappa shape index (κ1) is 38.2. The first-order valence-corrected chi connectivity index (χ1v) is 18.6. The van der Waals surface area contributed by atoms with Gasteiger partial charge in [0.25, 0.3) is 0 Å². The van der Waals surface area contributed by atoms with E-state index < -0.39 is 40.3 Å². The minimum atomic E-state index is -3.66. The summed E-state index contributed by atoms with van der Waals surface area (Å²) >= 11 is 12.7. The zero-order chi connectivity index (χ0) is 37.1. The highest BCUT2D eigenvalue weighted by atomic mass is 35.5.